The molecule has 0 bridgehead atoms. The van der Waals surface area contributed by atoms with E-state index in [1.807, 2.05) is 18.2 Å². The molecule has 0 amide bonds. The molecule has 0 aliphatic carbocycles. The highest BCUT2D eigenvalue weighted by Crippen LogP contribution is 2.42. The molecule has 1 atom stereocenters. The highest BCUT2D eigenvalue weighted by molar-refractivity contribution is 5.71. The van der Waals surface area contributed by atoms with Crippen LogP contribution in [0.1, 0.15) is 17.9 Å². The van der Waals surface area contributed by atoms with Crippen molar-refractivity contribution in [2.24, 2.45) is 0 Å². The van der Waals surface area contributed by atoms with Crippen molar-refractivity contribution in [3.63, 3.8) is 0 Å². The molecule has 0 spiro atoms. The van der Waals surface area contributed by atoms with Gasteiger partial charge in [0.1, 0.15) is 0 Å². The average Bonchev–Trinajstić information content (AvgIpc) is 2.72. The fourth-order valence-corrected chi connectivity index (χ4v) is 1.90. The van der Waals surface area contributed by atoms with Crippen molar-refractivity contribution in [2.75, 3.05) is 20.8 Å². The van der Waals surface area contributed by atoms with E-state index in [2.05, 4.69) is 4.74 Å². The number of methoxy groups -OCH3 is 2. The fourth-order valence-electron chi connectivity index (χ4n) is 1.90. The van der Waals surface area contributed by atoms with Gasteiger partial charge in [0.05, 0.1) is 27.2 Å². The van der Waals surface area contributed by atoms with Gasteiger partial charge in [0.15, 0.2) is 11.5 Å². The molecule has 2 rings (SSSR count). The Labute approximate surface area is 94.1 Å². The monoisotopic (exact) mass is 222 g/mol. The van der Waals surface area contributed by atoms with Crippen LogP contribution in [-0.4, -0.2) is 26.8 Å². The minimum atomic E-state index is -0.218. The Kier molecular flexibility index (Phi) is 2.99. The first-order valence-corrected chi connectivity index (χ1v) is 5.12. The molecule has 0 saturated carbocycles. The molecule has 0 aromatic heterocycles. The first-order chi connectivity index (χ1) is 7.76. The first-order valence-electron chi connectivity index (χ1n) is 5.12. The highest BCUT2D eigenvalue weighted by Gasteiger charge is 2.28. The Hall–Kier alpha value is -1.71. The van der Waals surface area contributed by atoms with Crippen molar-refractivity contribution in [3.8, 4) is 11.5 Å². The van der Waals surface area contributed by atoms with Crippen LogP contribution in [0.2, 0.25) is 0 Å². The first kappa shape index (κ1) is 10.8. The van der Waals surface area contributed by atoms with Crippen LogP contribution < -0.4 is 9.47 Å². The molecular weight excluding hydrogens is 208 g/mol. The number of esters is 1. The molecule has 1 aliphatic heterocycles. The third-order valence-electron chi connectivity index (χ3n) is 2.74. The van der Waals surface area contributed by atoms with Gasteiger partial charge >= 0.3 is 5.97 Å². The van der Waals surface area contributed by atoms with Gasteiger partial charge < -0.3 is 14.2 Å². The van der Waals surface area contributed by atoms with Gasteiger partial charge in [-0.25, -0.2) is 0 Å². The smallest absolute Gasteiger partial charge is 0.306 e. The van der Waals surface area contributed by atoms with E-state index in [1.54, 1.807) is 7.11 Å². The van der Waals surface area contributed by atoms with E-state index in [0.29, 0.717) is 18.8 Å². The number of rotatable bonds is 3. The fraction of sp³-hybridized carbons (Fsp3) is 0.417. The molecule has 1 aromatic rings. The third kappa shape index (κ3) is 1.83. The summed E-state index contributed by atoms with van der Waals surface area (Å²) >= 11 is 0. The second kappa shape index (κ2) is 4.43. The Balaban J connectivity index is 2.23. The maximum Gasteiger partial charge on any atom is 0.306 e. The zero-order valence-corrected chi connectivity index (χ0v) is 9.36. The number of ether oxygens (including phenoxy) is 3. The zero-order valence-electron chi connectivity index (χ0n) is 9.36. The van der Waals surface area contributed by atoms with Crippen LogP contribution in [0.25, 0.3) is 0 Å². The molecule has 4 heteroatoms. The molecule has 0 N–H and O–H groups in total. The van der Waals surface area contributed by atoms with E-state index in [4.69, 9.17) is 9.47 Å². The van der Waals surface area contributed by atoms with Crippen molar-refractivity contribution < 1.29 is 19.0 Å². The summed E-state index contributed by atoms with van der Waals surface area (Å²) in [5.41, 5.74) is 1.02. The standard InChI is InChI=1S/C12H14O4/c1-14-10-5-3-4-9-8(6-11(13)15-2)7-16-12(9)10/h3-5,8H,6-7H2,1-2H3/t8-/m1/s1. The van der Waals surface area contributed by atoms with Gasteiger partial charge in [-0.05, 0) is 6.07 Å². The summed E-state index contributed by atoms with van der Waals surface area (Å²) in [4.78, 5) is 11.2. The molecule has 4 nitrogen and oxygen atoms in total. The molecule has 0 saturated heterocycles. The quantitative estimate of drug-likeness (QED) is 0.731. The minimum absolute atomic E-state index is 0.0672. The van der Waals surface area contributed by atoms with Gasteiger partial charge in [-0.1, -0.05) is 12.1 Å². The number of para-hydroxylation sites is 1. The maximum atomic E-state index is 11.2. The van der Waals surface area contributed by atoms with E-state index < -0.39 is 0 Å². The Morgan fingerprint density at radius 3 is 3.00 bits per heavy atom. The molecule has 0 radical (unpaired) electrons. The largest absolute Gasteiger partial charge is 0.493 e. The van der Waals surface area contributed by atoms with Crippen LogP contribution in [0.5, 0.6) is 11.5 Å². The maximum absolute atomic E-state index is 11.2. The summed E-state index contributed by atoms with van der Waals surface area (Å²) in [5.74, 6) is 1.31. The molecule has 0 unspecified atom stereocenters. The van der Waals surface area contributed by atoms with E-state index >= 15 is 0 Å². The molecule has 1 aliphatic rings. The van der Waals surface area contributed by atoms with Gasteiger partial charge in [-0.15, -0.1) is 0 Å². The summed E-state index contributed by atoms with van der Waals surface area (Å²) in [7, 11) is 3.00. The van der Waals surface area contributed by atoms with Gasteiger partial charge in [0, 0.05) is 11.5 Å². The predicted octanol–water partition coefficient (Wildman–Crippen LogP) is 1.73. The number of carbonyl (C=O) groups excluding carboxylic acids is 1. The summed E-state index contributed by atoms with van der Waals surface area (Å²) < 4.78 is 15.4. The lowest BCUT2D eigenvalue weighted by molar-refractivity contribution is -0.141. The van der Waals surface area contributed by atoms with E-state index in [9.17, 15) is 4.79 Å². The molecular formula is C12H14O4. The van der Waals surface area contributed by atoms with Gasteiger partial charge in [0.25, 0.3) is 0 Å². The van der Waals surface area contributed by atoms with Crippen molar-refractivity contribution in [3.05, 3.63) is 23.8 Å². The summed E-state index contributed by atoms with van der Waals surface area (Å²) in [6.45, 7) is 0.505. The third-order valence-corrected chi connectivity index (χ3v) is 2.74. The van der Waals surface area contributed by atoms with Crippen LogP contribution in [0.4, 0.5) is 0 Å². The lowest BCUT2D eigenvalue weighted by atomic mass is 9.98. The van der Waals surface area contributed by atoms with E-state index in [-0.39, 0.29) is 11.9 Å². The summed E-state index contributed by atoms with van der Waals surface area (Å²) in [6.07, 6.45) is 0.344. The van der Waals surface area contributed by atoms with Crippen LogP contribution in [0.15, 0.2) is 18.2 Å². The lowest BCUT2D eigenvalue weighted by Crippen LogP contribution is -2.09. The Morgan fingerprint density at radius 2 is 2.31 bits per heavy atom. The molecule has 1 heterocycles. The van der Waals surface area contributed by atoms with Gasteiger partial charge in [-0.3, -0.25) is 4.79 Å². The predicted molar refractivity (Wildman–Crippen MR) is 57.9 cm³/mol. The number of carbonyl (C=O) groups is 1. The van der Waals surface area contributed by atoms with E-state index in [1.165, 1.54) is 7.11 Å². The van der Waals surface area contributed by atoms with E-state index in [0.717, 1.165) is 11.3 Å². The van der Waals surface area contributed by atoms with Crippen molar-refractivity contribution in [2.45, 2.75) is 12.3 Å². The van der Waals surface area contributed by atoms with Crippen molar-refractivity contribution in [1.82, 2.24) is 0 Å². The van der Waals surface area contributed by atoms with Crippen molar-refractivity contribution >= 4 is 5.97 Å². The Bertz CT molecular complexity index is 400. The average molecular weight is 222 g/mol. The summed E-state index contributed by atoms with van der Waals surface area (Å²) in [5, 5.41) is 0. The second-order valence-electron chi connectivity index (χ2n) is 3.67. The highest BCUT2D eigenvalue weighted by atomic mass is 16.5. The minimum Gasteiger partial charge on any atom is -0.493 e. The van der Waals surface area contributed by atoms with Gasteiger partial charge in [0.2, 0.25) is 0 Å². The van der Waals surface area contributed by atoms with Crippen LogP contribution in [-0.2, 0) is 9.53 Å². The Morgan fingerprint density at radius 1 is 1.50 bits per heavy atom. The number of fused-ring (bicyclic) bond motifs is 1. The topological polar surface area (TPSA) is 44.8 Å². The molecule has 16 heavy (non-hydrogen) atoms. The number of hydrogen-bond acceptors (Lipinski definition) is 4. The normalized spacial score (nSPS) is 17.5. The molecule has 86 valence electrons. The van der Waals surface area contributed by atoms with Crippen LogP contribution >= 0.6 is 0 Å². The number of hydrogen-bond donors (Lipinski definition) is 0. The number of benzene rings is 1. The van der Waals surface area contributed by atoms with Crippen molar-refractivity contribution in [1.29, 1.82) is 0 Å². The lowest BCUT2D eigenvalue weighted by Gasteiger charge is -2.07. The van der Waals surface area contributed by atoms with Crippen LogP contribution in [0, 0.1) is 0 Å². The van der Waals surface area contributed by atoms with Gasteiger partial charge in [-0.2, -0.15) is 0 Å². The summed E-state index contributed by atoms with van der Waals surface area (Å²) in [6, 6.07) is 5.70. The zero-order chi connectivity index (χ0) is 11.5. The molecule has 1 aromatic carbocycles. The second-order valence-corrected chi connectivity index (χ2v) is 3.67. The SMILES string of the molecule is COC(=O)C[C@@H]1COc2c(OC)cccc21. The molecule has 0 fully saturated rings. The van der Waals surface area contributed by atoms with Crippen LogP contribution in [0.3, 0.4) is 0 Å².